The van der Waals surface area contributed by atoms with E-state index in [1.54, 1.807) is 0 Å². The molecule has 1 unspecified atom stereocenters. The quantitative estimate of drug-likeness (QED) is 0.315. The van der Waals surface area contributed by atoms with Gasteiger partial charge in [0.05, 0.1) is 6.04 Å². The van der Waals surface area contributed by atoms with Crippen molar-refractivity contribution < 1.29 is 9.18 Å². The van der Waals surface area contributed by atoms with Crippen molar-refractivity contribution in [3.63, 3.8) is 0 Å². The van der Waals surface area contributed by atoms with E-state index in [-0.39, 0.29) is 17.8 Å². The predicted molar refractivity (Wildman–Crippen MR) is 158 cm³/mol. The number of halogens is 1. The summed E-state index contributed by atoms with van der Waals surface area (Å²) in [7, 11) is 4.06. The van der Waals surface area contributed by atoms with Gasteiger partial charge in [-0.05, 0) is 65.2 Å². The Morgan fingerprint density at radius 3 is 2.03 bits per heavy atom. The second-order valence-corrected chi connectivity index (χ2v) is 10.2. The Bertz CT molecular complexity index is 1350. The maximum atomic E-state index is 13.4. The Morgan fingerprint density at radius 2 is 1.41 bits per heavy atom. The van der Waals surface area contributed by atoms with Crippen LogP contribution in [0.4, 0.5) is 15.8 Å². The monoisotopic (exact) mass is 522 g/mol. The van der Waals surface area contributed by atoms with E-state index in [1.807, 2.05) is 68.7 Å². The van der Waals surface area contributed by atoms with E-state index in [4.69, 9.17) is 0 Å². The zero-order valence-corrected chi connectivity index (χ0v) is 22.6. The van der Waals surface area contributed by atoms with Crippen LogP contribution in [-0.2, 0) is 0 Å². The van der Waals surface area contributed by atoms with Crippen LogP contribution in [0.5, 0.6) is 0 Å². The van der Waals surface area contributed by atoms with Gasteiger partial charge in [0.2, 0.25) is 0 Å². The van der Waals surface area contributed by atoms with E-state index in [0.717, 1.165) is 48.7 Å². The lowest BCUT2D eigenvalue weighted by Crippen LogP contribution is -2.50. The molecule has 1 atom stereocenters. The lowest BCUT2D eigenvalue weighted by Gasteiger charge is -2.40. The van der Waals surface area contributed by atoms with E-state index in [2.05, 4.69) is 56.4 Å². The average Bonchev–Trinajstić information content (AvgIpc) is 2.99. The molecule has 1 aliphatic rings. The molecule has 1 amide bonds. The van der Waals surface area contributed by atoms with Gasteiger partial charge in [0.15, 0.2) is 0 Å². The fraction of sp³-hybridized carbons (Fsp3) is 0.242. The first-order chi connectivity index (χ1) is 19.0. The highest BCUT2D eigenvalue weighted by atomic mass is 19.1. The molecule has 0 saturated carbocycles. The summed E-state index contributed by atoms with van der Waals surface area (Å²) in [6.07, 6.45) is 0. The van der Waals surface area contributed by atoms with Crippen molar-refractivity contribution in [1.29, 1.82) is 0 Å². The number of piperazine rings is 1. The molecule has 1 heterocycles. The first-order valence-corrected chi connectivity index (χ1v) is 13.4. The lowest BCUT2D eigenvalue weighted by atomic mass is 10.0. The number of carbonyl (C=O) groups is 1. The van der Waals surface area contributed by atoms with Crippen LogP contribution in [0.15, 0.2) is 103 Å². The van der Waals surface area contributed by atoms with Gasteiger partial charge in [-0.1, -0.05) is 54.6 Å². The SMILES string of the molecule is CN(C)c1ccc(C(CNC(=O)c2ccc(-c3ccccc3)cc2)N2CCN(c3ccc(F)cc3)CC2)cc1. The van der Waals surface area contributed by atoms with Crippen LogP contribution < -0.4 is 15.1 Å². The standard InChI is InChI=1S/C33H35FN4O/c1-36(2)30-16-12-27(13-17-30)32(38-22-20-37(21-23-38)31-18-14-29(34)15-19-31)24-35-33(39)28-10-8-26(9-11-28)25-6-4-3-5-7-25/h3-19,32H,20-24H2,1-2H3,(H,35,39). The van der Waals surface area contributed by atoms with Crippen molar-refractivity contribution in [2.75, 3.05) is 56.6 Å². The van der Waals surface area contributed by atoms with Crippen LogP contribution in [0.2, 0.25) is 0 Å². The summed E-state index contributed by atoms with van der Waals surface area (Å²) in [5, 5.41) is 3.19. The molecule has 5 nitrogen and oxygen atoms in total. The van der Waals surface area contributed by atoms with Gasteiger partial charge >= 0.3 is 0 Å². The number of nitrogens with one attached hydrogen (secondary N) is 1. The zero-order chi connectivity index (χ0) is 27.2. The highest BCUT2D eigenvalue weighted by Gasteiger charge is 2.26. The first kappa shape index (κ1) is 26.4. The highest BCUT2D eigenvalue weighted by Crippen LogP contribution is 2.26. The number of nitrogens with zero attached hydrogens (tertiary/aromatic N) is 3. The topological polar surface area (TPSA) is 38.8 Å². The molecule has 39 heavy (non-hydrogen) atoms. The second-order valence-electron chi connectivity index (χ2n) is 10.2. The minimum absolute atomic E-state index is 0.0455. The third-order valence-corrected chi connectivity index (χ3v) is 7.45. The molecule has 1 fully saturated rings. The molecular weight excluding hydrogens is 487 g/mol. The van der Waals surface area contributed by atoms with E-state index in [0.29, 0.717) is 12.1 Å². The third-order valence-electron chi connectivity index (χ3n) is 7.45. The summed E-state index contributed by atoms with van der Waals surface area (Å²) in [5.41, 5.74) is 6.22. The Balaban J connectivity index is 1.28. The van der Waals surface area contributed by atoms with Gasteiger partial charge in [0.25, 0.3) is 5.91 Å². The van der Waals surface area contributed by atoms with E-state index >= 15 is 0 Å². The molecule has 0 radical (unpaired) electrons. The second kappa shape index (κ2) is 12.1. The first-order valence-electron chi connectivity index (χ1n) is 13.4. The van der Waals surface area contributed by atoms with Crippen LogP contribution in [0, 0.1) is 5.82 Å². The number of rotatable bonds is 8. The summed E-state index contributed by atoms with van der Waals surface area (Å²) in [5.74, 6) is -0.293. The normalized spacial score (nSPS) is 14.6. The maximum Gasteiger partial charge on any atom is 0.251 e. The molecule has 1 aliphatic heterocycles. The summed E-state index contributed by atoms with van der Waals surface area (Å²) in [4.78, 5) is 19.9. The van der Waals surface area contributed by atoms with Crippen LogP contribution in [0.25, 0.3) is 11.1 Å². The number of hydrogen-bond acceptors (Lipinski definition) is 4. The molecule has 0 aliphatic carbocycles. The number of amides is 1. The van der Waals surface area contributed by atoms with E-state index in [9.17, 15) is 9.18 Å². The molecule has 1 N–H and O–H groups in total. The van der Waals surface area contributed by atoms with Gasteiger partial charge < -0.3 is 15.1 Å². The molecule has 0 spiro atoms. The molecular formula is C33H35FN4O. The summed E-state index contributed by atoms with van der Waals surface area (Å²) in [6.45, 7) is 3.88. The predicted octanol–water partition coefficient (Wildman–Crippen LogP) is 5.85. The van der Waals surface area contributed by atoms with Crippen molar-refractivity contribution in [3.05, 3.63) is 120 Å². The van der Waals surface area contributed by atoms with Crippen molar-refractivity contribution in [1.82, 2.24) is 10.2 Å². The van der Waals surface area contributed by atoms with Gasteiger partial charge in [-0.25, -0.2) is 4.39 Å². The van der Waals surface area contributed by atoms with Crippen LogP contribution in [0.3, 0.4) is 0 Å². The molecule has 0 aromatic heterocycles. The fourth-order valence-electron chi connectivity index (χ4n) is 5.13. The molecule has 4 aromatic rings. The van der Waals surface area contributed by atoms with Gasteiger partial charge in [-0.3, -0.25) is 9.69 Å². The van der Waals surface area contributed by atoms with Crippen LogP contribution in [-0.4, -0.2) is 57.6 Å². The number of hydrogen-bond donors (Lipinski definition) is 1. The Hall–Kier alpha value is -4.16. The number of carbonyl (C=O) groups excluding carboxylic acids is 1. The zero-order valence-electron chi connectivity index (χ0n) is 22.6. The molecule has 1 saturated heterocycles. The van der Waals surface area contributed by atoms with Crippen molar-refractivity contribution in [2.24, 2.45) is 0 Å². The summed E-state index contributed by atoms with van der Waals surface area (Å²) < 4.78 is 13.4. The van der Waals surface area contributed by atoms with E-state index < -0.39 is 0 Å². The fourth-order valence-corrected chi connectivity index (χ4v) is 5.13. The van der Waals surface area contributed by atoms with E-state index in [1.165, 1.54) is 17.7 Å². The lowest BCUT2D eigenvalue weighted by molar-refractivity contribution is 0.0930. The smallest absolute Gasteiger partial charge is 0.251 e. The largest absolute Gasteiger partial charge is 0.378 e. The number of benzene rings is 4. The Morgan fingerprint density at radius 1 is 0.795 bits per heavy atom. The van der Waals surface area contributed by atoms with Gasteiger partial charge in [0.1, 0.15) is 5.82 Å². The number of anilines is 2. The minimum atomic E-state index is -0.218. The molecule has 0 bridgehead atoms. The molecule has 5 rings (SSSR count). The third kappa shape index (κ3) is 6.47. The summed E-state index contributed by atoms with van der Waals surface area (Å²) in [6, 6.07) is 33.3. The van der Waals surface area contributed by atoms with Crippen molar-refractivity contribution >= 4 is 17.3 Å². The molecule has 200 valence electrons. The Labute approximate surface area is 230 Å². The molecule has 4 aromatic carbocycles. The van der Waals surface area contributed by atoms with Crippen molar-refractivity contribution in [2.45, 2.75) is 6.04 Å². The van der Waals surface area contributed by atoms with Crippen LogP contribution >= 0.6 is 0 Å². The minimum Gasteiger partial charge on any atom is -0.378 e. The van der Waals surface area contributed by atoms with Gasteiger partial charge in [-0.2, -0.15) is 0 Å². The van der Waals surface area contributed by atoms with Gasteiger partial charge in [0, 0.05) is 63.8 Å². The van der Waals surface area contributed by atoms with Gasteiger partial charge in [-0.15, -0.1) is 0 Å². The average molecular weight is 523 g/mol. The Kier molecular flexibility index (Phi) is 8.23. The van der Waals surface area contributed by atoms with Crippen LogP contribution in [0.1, 0.15) is 22.0 Å². The maximum absolute atomic E-state index is 13.4. The summed E-state index contributed by atoms with van der Waals surface area (Å²) >= 11 is 0. The molecule has 6 heteroatoms. The van der Waals surface area contributed by atoms with Crippen molar-refractivity contribution in [3.8, 4) is 11.1 Å². The highest BCUT2D eigenvalue weighted by molar-refractivity contribution is 5.94.